The van der Waals surface area contributed by atoms with Crippen LogP contribution in [-0.4, -0.2) is 30.5 Å². The molecule has 1 rings (SSSR count). The van der Waals surface area contributed by atoms with Crippen molar-refractivity contribution in [3.63, 3.8) is 0 Å². The predicted molar refractivity (Wildman–Crippen MR) is 66.6 cm³/mol. The molecule has 0 fully saturated rings. The normalized spacial score (nSPS) is 11.2. The molecule has 0 atom stereocenters. The molecular formula is C10H13NO4S2. The number of aryl methyl sites for hydroxylation is 2. The molecule has 0 spiro atoms. The third-order valence-corrected chi connectivity index (χ3v) is 3.83. The van der Waals surface area contributed by atoms with Crippen molar-refractivity contribution < 1.29 is 17.4 Å². The maximum Gasteiger partial charge on any atom is 0.317 e. The summed E-state index contributed by atoms with van der Waals surface area (Å²) >= 11 is 0.857. The molecule has 0 unspecified atom stereocenters. The highest BCUT2D eigenvalue weighted by molar-refractivity contribution is 8.14. The Hall–Kier alpha value is -1.08. The maximum atomic E-state index is 11.6. The van der Waals surface area contributed by atoms with Crippen molar-refractivity contribution in [3.8, 4) is 5.75 Å². The second kappa shape index (κ2) is 5.50. The number of rotatable bonds is 4. The van der Waals surface area contributed by atoms with Crippen LogP contribution >= 0.6 is 11.8 Å². The zero-order chi connectivity index (χ0) is 13.1. The first-order chi connectivity index (χ1) is 7.85. The van der Waals surface area contributed by atoms with Gasteiger partial charge in [-0.1, -0.05) is 11.8 Å². The summed E-state index contributed by atoms with van der Waals surface area (Å²) < 4.78 is 28.1. The highest BCUT2D eigenvalue weighted by atomic mass is 32.2. The Morgan fingerprint density at radius 1 is 1.47 bits per heavy atom. The van der Waals surface area contributed by atoms with Gasteiger partial charge in [0.1, 0.15) is 0 Å². The van der Waals surface area contributed by atoms with Crippen molar-refractivity contribution in [2.45, 2.75) is 13.8 Å². The van der Waals surface area contributed by atoms with Gasteiger partial charge in [0.05, 0.1) is 5.69 Å². The second-order valence-corrected chi connectivity index (χ2v) is 5.84. The summed E-state index contributed by atoms with van der Waals surface area (Å²) in [5.41, 5.74) is 1.14. The number of pyridine rings is 1. The molecule has 94 valence electrons. The number of thioether (sulfide) groups is 1. The summed E-state index contributed by atoms with van der Waals surface area (Å²) in [5, 5.41) is -0.454. The van der Waals surface area contributed by atoms with Crippen LogP contribution in [0.5, 0.6) is 5.75 Å². The van der Waals surface area contributed by atoms with E-state index in [1.165, 1.54) is 6.26 Å². The SMILES string of the molecule is CSC(=O)CS(=O)(=O)Oc1c(C)ccnc1C. The zero-order valence-electron chi connectivity index (χ0n) is 9.76. The van der Waals surface area contributed by atoms with Gasteiger partial charge in [-0.05, 0) is 31.7 Å². The third kappa shape index (κ3) is 4.01. The van der Waals surface area contributed by atoms with E-state index in [9.17, 15) is 13.2 Å². The van der Waals surface area contributed by atoms with Crippen molar-refractivity contribution in [3.05, 3.63) is 23.5 Å². The molecule has 0 radical (unpaired) electrons. The number of aromatic nitrogens is 1. The molecule has 0 aliphatic heterocycles. The second-order valence-electron chi connectivity index (χ2n) is 3.40. The minimum atomic E-state index is -3.90. The lowest BCUT2D eigenvalue weighted by molar-refractivity contribution is -0.108. The topological polar surface area (TPSA) is 73.3 Å². The molecule has 0 bridgehead atoms. The molecule has 1 heterocycles. The summed E-state index contributed by atoms with van der Waals surface area (Å²) in [6.45, 7) is 3.37. The van der Waals surface area contributed by atoms with Crippen LogP contribution in [0, 0.1) is 13.8 Å². The molecule has 17 heavy (non-hydrogen) atoms. The fourth-order valence-electron chi connectivity index (χ4n) is 1.17. The van der Waals surface area contributed by atoms with Crippen molar-refractivity contribution in [2.75, 3.05) is 12.0 Å². The van der Waals surface area contributed by atoms with Crippen LogP contribution < -0.4 is 4.18 Å². The number of nitrogens with zero attached hydrogens (tertiary/aromatic N) is 1. The maximum absolute atomic E-state index is 11.6. The van der Waals surface area contributed by atoms with Gasteiger partial charge >= 0.3 is 10.1 Å². The predicted octanol–water partition coefficient (Wildman–Crippen LogP) is 1.30. The van der Waals surface area contributed by atoms with Gasteiger partial charge in [-0.25, -0.2) is 0 Å². The van der Waals surface area contributed by atoms with Crippen LogP contribution in [0.4, 0.5) is 0 Å². The molecule has 1 aromatic rings. The summed E-state index contributed by atoms with van der Waals surface area (Å²) in [6.07, 6.45) is 3.09. The Bertz CT molecular complexity index is 505. The van der Waals surface area contributed by atoms with Gasteiger partial charge in [-0.15, -0.1) is 0 Å². The van der Waals surface area contributed by atoms with Gasteiger partial charge in [0.25, 0.3) is 0 Å². The Kier molecular flexibility index (Phi) is 4.53. The molecule has 0 amide bonds. The van der Waals surface area contributed by atoms with E-state index in [0.717, 1.165) is 11.8 Å². The van der Waals surface area contributed by atoms with E-state index in [1.54, 1.807) is 26.1 Å². The minimum absolute atomic E-state index is 0.196. The largest absolute Gasteiger partial charge is 0.380 e. The first-order valence-electron chi connectivity index (χ1n) is 4.77. The smallest absolute Gasteiger partial charge is 0.317 e. The lowest BCUT2D eigenvalue weighted by Crippen LogP contribution is -2.19. The summed E-state index contributed by atoms with van der Waals surface area (Å²) in [6, 6.07) is 1.65. The Morgan fingerprint density at radius 3 is 2.65 bits per heavy atom. The highest BCUT2D eigenvalue weighted by Gasteiger charge is 2.20. The van der Waals surface area contributed by atoms with E-state index in [-0.39, 0.29) is 5.75 Å². The van der Waals surface area contributed by atoms with E-state index in [0.29, 0.717) is 11.3 Å². The fourth-order valence-corrected chi connectivity index (χ4v) is 2.92. The Balaban J connectivity index is 2.95. The van der Waals surface area contributed by atoms with Gasteiger partial charge in [-0.2, -0.15) is 8.42 Å². The summed E-state index contributed by atoms with van der Waals surface area (Å²) in [4.78, 5) is 15.0. The van der Waals surface area contributed by atoms with Crippen LogP contribution in [0.3, 0.4) is 0 Å². The van der Waals surface area contributed by atoms with E-state index in [1.807, 2.05) is 0 Å². The average molecular weight is 275 g/mol. The monoisotopic (exact) mass is 275 g/mol. The van der Waals surface area contributed by atoms with Gasteiger partial charge in [0, 0.05) is 6.20 Å². The van der Waals surface area contributed by atoms with Gasteiger partial charge in [-0.3, -0.25) is 9.78 Å². The fraction of sp³-hybridized carbons (Fsp3) is 0.400. The van der Waals surface area contributed by atoms with Crippen LogP contribution in [-0.2, 0) is 14.9 Å². The van der Waals surface area contributed by atoms with Crippen molar-refractivity contribution in [2.24, 2.45) is 0 Å². The van der Waals surface area contributed by atoms with Crippen molar-refractivity contribution >= 4 is 27.0 Å². The van der Waals surface area contributed by atoms with Crippen LogP contribution in [0.1, 0.15) is 11.3 Å². The van der Waals surface area contributed by atoms with Crippen molar-refractivity contribution in [1.29, 1.82) is 0 Å². The molecule has 5 nitrogen and oxygen atoms in total. The van der Waals surface area contributed by atoms with E-state index in [4.69, 9.17) is 4.18 Å². The van der Waals surface area contributed by atoms with E-state index in [2.05, 4.69) is 4.98 Å². The summed E-state index contributed by atoms with van der Waals surface area (Å²) in [7, 11) is -3.90. The van der Waals surface area contributed by atoms with Gasteiger partial charge in [0.2, 0.25) is 5.12 Å². The molecule has 7 heteroatoms. The number of carbonyl (C=O) groups excluding carboxylic acids is 1. The summed E-state index contributed by atoms with van der Waals surface area (Å²) in [5.74, 6) is -0.441. The van der Waals surface area contributed by atoms with Gasteiger partial charge < -0.3 is 4.18 Å². The standard InChI is InChI=1S/C10H13NO4S2/c1-7-4-5-11-8(2)10(7)15-17(13,14)6-9(12)16-3/h4-5H,6H2,1-3H3. The Labute approximate surface area is 105 Å². The van der Waals surface area contributed by atoms with Crippen molar-refractivity contribution in [1.82, 2.24) is 4.98 Å². The first-order valence-corrected chi connectivity index (χ1v) is 7.57. The van der Waals surface area contributed by atoms with E-state index >= 15 is 0 Å². The third-order valence-electron chi connectivity index (χ3n) is 2.01. The van der Waals surface area contributed by atoms with E-state index < -0.39 is 21.0 Å². The molecule has 0 saturated carbocycles. The molecule has 0 aliphatic carbocycles. The average Bonchev–Trinajstić information content (AvgIpc) is 2.23. The lowest BCUT2D eigenvalue weighted by atomic mass is 10.2. The highest BCUT2D eigenvalue weighted by Crippen LogP contribution is 2.22. The molecule has 1 aromatic heterocycles. The van der Waals surface area contributed by atoms with Crippen LogP contribution in [0.15, 0.2) is 12.3 Å². The number of hydrogen-bond donors (Lipinski definition) is 0. The molecule has 0 saturated heterocycles. The van der Waals surface area contributed by atoms with Crippen LogP contribution in [0.2, 0.25) is 0 Å². The zero-order valence-corrected chi connectivity index (χ0v) is 11.4. The Morgan fingerprint density at radius 2 is 2.12 bits per heavy atom. The lowest BCUT2D eigenvalue weighted by Gasteiger charge is -2.10. The molecular weight excluding hydrogens is 262 g/mol. The number of hydrogen-bond acceptors (Lipinski definition) is 6. The molecule has 0 N–H and O–H groups in total. The van der Waals surface area contributed by atoms with Gasteiger partial charge in [0.15, 0.2) is 11.5 Å². The minimum Gasteiger partial charge on any atom is -0.380 e. The van der Waals surface area contributed by atoms with Crippen LogP contribution in [0.25, 0.3) is 0 Å². The molecule has 0 aromatic carbocycles. The first kappa shape index (κ1) is 14.0. The molecule has 0 aliphatic rings. The number of carbonyl (C=O) groups is 1. The quantitative estimate of drug-likeness (QED) is 0.771.